The summed E-state index contributed by atoms with van der Waals surface area (Å²) in [6.07, 6.45) is 4.60. The fourth-order valence-corrected chi connectivity index (χ4v) is 2.04. The number of ether oxygens (including phenoxy) is 1. The smallest absolute Gasteiger partial charge is 0.341 e. The number of rotatable bonds is 7. The van der Waals surface area contributed by atoms with Crippen molar-refractivity contribution in [3.05, 3.63) is 36.3 Å². The highest BCUT2D eigenvalue weighted by Crippen LogP contribution is 2.16. The Morgan fingerprint density at radius 2 is 1.78 bits per heavy atom. The van der Waals surface area contributed by atoms with Crippen molar-refractivity contribution >= 4 is 23.4 Å². The third kappa shape index (κ3) is 4.38. The Bertz CT molecular complexity index is 624. The van der Waals surface area contributed by atoms with E-state index >= 15 is 0 Å². The first-order chi connectivity index (χ1) is 11.2. The number of anilines is 3. The van der Waals surface area contributed by atoms with E-state index in [2.05, 4.69) is 39.0 Å². The lowest BCUT2D eigenvalue weighted by molar-refractivity contribution is 0.0525. The van der Waals surface area contributed by atoms with Gasteiger partial charge in [-0.15, -0.1) is 0 Å². The second-order valence-corrected chi connectivity index (χ2v) is 4.72. The maximum Gasteiger partial charge on any atom is 0.341 e. The Labute approximate surface area is 135 Å². The maximum absolute atomic E-state index is 11.5. The van der Waals surface area contributed by atoms with Gasteiger partial charge in [-0.05, 0) is 32.9 Å². The molecule has 0 saturated carbocycles. The average Bonchev–Trinajstić information content (AvgIpc) is 2.58. The molecule has 2 heterocycles. The molecule has 0 aromatic carbocycles. The maximum atomic E-state index is 11.5. The number of nitrogens with zero attached hydrogens (tertiary/aromatic N) is 4. The minimum absolute atomic E-state index is 0.323. The molecule has 0 unspecified atom stereocenters. The van der Waals surface area contributed by atoms with E-state index in [4.69, 9.17) is 4.74 Å². The molecule has 0 aliphatic heterocycles. The number of nitrogens with one attached hydrogen (secondary N) is 1. The van der Waals surface area contributed by atoms with Gasteiger partial charge in [-0.25, -0.2) is 19.7 Å². The van der Waals surface area contributed by atoms with E-state index in [0.717, 1.165) is 24.6 Å². The van der Waals surface area contributed by atoms with Gasteiger partial charge in [0.05, 0.1) is 24.1 Å². The zero-order valence-electron chi connectivity index (χ0n) is 13.6. The van der Waals surface area contributed by atoms with E-state index in [9.17, 15) is 4.79 Å². The summed E-state index contributed by atoms with van der Waals surface area (Å²) in [5.74, 6) is 0.902. The van der Waals surface area contributed by atoms with Crippen molar-refractivity contribution in [2.24, 2.45) is 0 Å². The lowest BCUT2D eigenvalue weighted by Crippen LogP contribution is -2.22. The minimum Gasteiger partial charge on any atom is -0.462 e. The van der Waals surface area contributed by atoms with Gasteiger partial charge in [0.2, 0.25) is 5.95 Å². The quantitative estimate of drug-likeness (QED) is 0.787. The summed E-state index contributed by atoms with van der Waals surface area (Å²) in [6, 6.07) is 3.87. The number of carbonyl (C=O) groups excluding carboxylic acids is 1. The molecule has 1 N–H and O–H groups in total. The summed E-state index contributed by atoms with van der Waals surface area (Å²) in [5.41, 5.74) is 1.11. The molecule has 7 heteroatoms. The van der Waals surface area contributed by atoms with Gasteiger partial charge in [0.1, 0.15) is 5.82 Å². The van der Waals surface area contributed by atoms with Gasteiger partial charge < -0.3 is 15.0 Å². The third-order valence-electron chi connectivity index (χ3n) is 3.25. The number of hydrogen-bond donors (Lipinski definition) is 1. The molecule has 122 valence electrons. The molecule has 0 amide bonds. The second kappa shape index (κ2) is 8.07. The first kappa shape index (κ1) is 16.7. The Balaban J connectivity index is 2.03. The summed E-state index contributed by atoms with van der Waals surface area (Å²) in [6.45, 7) is 8.09. The van der Waals surface area contributed by atoms with Crippen LogP contribution in [0.2, 0.25) is 0 Å². The summed E-state index contributed by atoms with van der Waals surface area (Å²) < 4.78 is 4.89. The molecule has 0 spiro atoms. The van der Waals surface area contributed by atoms with E-state index in [0.29, 0.717) is 18.1 Å². The van der Waals surface area contributed by atoms with Gasteiger partial charge in [0, 0.05) is 25.5 Å². The van der Waals surface area contributed by atoms with Crippen LogP contribution in [0.25, 0.3) is 0 Å². The summed E-state index contributed by atoms with van der Waals surface area (Å²) in [7, 11) is 0. The normalized spacial score (nSPS) is 10.2. The Morgan fingerprint density at radius 1 is 1.09 bits per heavy atom. The molecule has 23 heavy (non-hydrogen) atoms. The number of carbonyl (C=O) groups is 1. The van der Waals surface area contributed by atoms with Crippen molar-refractivity contribution in [3.63, 3.8) is 0 Å². The second-order valence-electron chi connectivity index (χ2n) is 4.72. The molecule has 0 saturated heterocycles. The van der Waals surface area contributed by atoms with Crippen LogP contribution in [0.1, 0.15) is 31.1 Å². The van der Waals surface area contributed by atoms with Crippen LogP contribution in [-0.4, -0.2) is 40.6 Å². The highest BCUT2D eigenvalue weighted by molar-refractivity contribution is 5.88. The van der Waals surface area contributed by atoms with Gasteiger partial charge in [0.25, 0.3) is 0 Å². The molecule has 0 radical (unpaired) electrons. The standard InChI is InChI=1S/C16H21N5O2/c1-4-21(5-2)14-8-7-13(11-17-14)20-16-18-9-12(10-19-16)15(22)23-6-3/h7-11H,4-6H2,1-3H3,(H,18,19,20). The predicted molar refractivity (Wildman–Crippen MR) is 89.1 cm³/mol. The number of aromatic nitrogens is 3. The molecule has 0 bridgehead atoms. The first-order valence-corrected chi connectivity index (χ1v) is 7.65. The van der Waals surface area contributed by atoms with E-state index in [1.165, 1.54) is 12.4 Å². The monoisotopic (exact) mass is 315 g/mol. The van der Waals surface area contributed by atoms with Crippen LogP contribution in [0.5, 0.6) is 0 Å². The zero-order valence-corrected chi connectivity index (χ0v) is 13.6. The van der Waals surface area contributed by atoms with Crippen LogP contribution in [0.4, 0.5) is 17.5 Å². The van der Waals surface area contributed by atoms with Crippen LogP contribution >= 0.6 is 0 Å². The van der Waals surface area contributed by atoms with Gasteiger partial charge in [0.15, 0.2) is 0 Å². The minimum atomic E-state index is -0.427. The largest absolute Gasteiger partial charge is 0.462 e. The van der Waals surface area contributed by atoms with Crippen LogP contribution in [0.15, 0.2) is 30.7 Å². The fraction of sp³-hybridized carbons (Fsp3) is 0.375. The fourth-order valence-electron chi connectivity index (χ4n) is 2.04. The van der Waals surface area contributed by atoms with Crippen LogP contribution in [0.3, 0.4) is 0 Å². The highest BCUT2D eigenvalue weighted by Gasteiger charge is 2.08. The van der Waals surface area contributed by atoms with E-state index < -0.39 is 5.97 Å². The predicted octanol–water partition coefficient (Wildman–Crippen LogP) is 2.64. The first-order valence-electron chi connectivity index (χ1n) is 7.65. The lowest BCUT2D eigenvalue weighted by atomic mass is 10.3. The molecule has 0 atom stereocenters. The lowest BCUT2D eigenvalue weighted by Gasteiger charge is -2.19. The summed E-state index contributed by atoms with van der Waals surface area (Å²) >= 11 is 0. The Morgan fingerprint density at radius 3 is 2.30 bits per heavy atom. The van der Waals surface area contributed by atoms with Crippen molar-refractivity contribution in [3.8, 4) is 0 Å². The van der Waals surface area contributed by atoms with Crippen molar-refractivity contribution in [2.45, 2.75) is 20.8 Å². The topological polar surface area (TPSA) is 80.2 Å². The number of pyridine rings is 1. The average molecular weight is 315 g/mol. The van der Waals surface area contributed by atoms with E-state index in [1.54, 1.807) is 13.1 Å². The highest BCUT2D eigenvalue weighted by atomic mass is 16.5. The van der Waals surface area contributed by atoms with E-state index in [-0.39, 0.29) is 0 Å². The SMILES string of the molecule is CCOC(=O)c1cnc(Nc2ccc(N(CC)CC)nc2)nc1. The Kier molecular flexibility index (Phi) is 5.85. The molecule has 7 nitrogen and oxygen atoms in total. The van der Waals surface area contributed by atoms with Crippen LogP contribution in [0, 0.1) is 0 Å². The number of esters is 1. The third-order valence-corrected chi connectivity index (χ3v) is 3.25. The molecular weight excluding hydrogens is 294 g/mol. The Hall–Kier alpha value is -2.70. The molecule has 2 aromatic rings. The number of hydrogen-bond acceptors (Lipinski definition) is 7. The van der Waals surface area contributed by atoms with Gasteiger partial charge in [-0.3, -0.25) is 0 Å². The van der Waals surface area contributed by atoms with Crippen LogP contribution in [-0.2, 0) is 4.74 Å². The summed E-state index contributed by atoms with van der Waals surface area (Å²) in [5, 5.41) is 3.05. The molecule has 0 aliphatic carbocycles. The van der Waals surface area contributed by atoms with Crippen molar-refractivity contribution < 1.29 is 9.53 Å². The molecular formula is C16H21N5O2. The molecule has 0 fully saturated rings. The van der Waals surface area contributed by atoms with Crippen LogP contribution < -0.4 is 10.2 Å². The zero-order chi connectivity index (χ0) is 16.7. The van der Waals surface area contributed by atoms with Gasteiger partial charge in [-0.1, -0.05) is 0 Å². The van der Waals surface area contributed by atoms with Gasteiger partial charge >= 0.3 is 5.97 Å². The van der Waals surface area contributed by atoms with E-state index in [1.807, 2.05) is 12.1 Å². The van der Waals surface area contributed by atoms with Crippen molar-refractivity contribution in [1.29, 1.82) is 0 Å². The molecule has 2 rings (SSSR count). The molecule has 2 aromatic heterocycles. The van der Waals surface area contributed by atoms with Crippen molar-refractivity contribution in [2.75, 3.05) is 29.9 Å². The van der Waals surface area contributed by atoms with Gasteiger partial charge in [-0.2, -0.15) is 0 Å². The molecule has 0 aliphatic rings. The summed E-state index contributed by atoms with van der Waals surface area (Å²) in [4.78, 5) is 26.3. The van der Waals surface area contributed by atoms with Crippen molar-refractivity contribution in [1.82, 2.24) is 15.0 Å².